The van der Waals surface area contributed by atoms with Gasteiger partial charge in [0, 0.05) is 29.9 Å². The van der Waals surface area contributed by atoms with Crippen molar-refractivity contribution in [3.05, 3.63) is 78.0 Å². The highest BCUT2D eigenvalue weighted by Gasteiger charge is 2.14. The minimum atomic E-state index is -0.417. The Kier molecular flexibility index (Phi) is 7.84. The van der Waals surface area contributed by atoms with Crippen molar-refractivity contribution >= 4 is 39.6 Å². The summed E-state index contributed by atoms with van der Waals surface area (Å²) in [6.07, 6.45) is 5.77. The third kappa shape index (κ3) is 6.17. The zero-order valence-corrected chi connectivity index (χ0v) is 22.9. The molecule has 5 rings (SSSR count). The molecule has 0 aliphatic heterocycles. The lowest BCUT2D eigenvalue weighted by Crippen LogP contribution is -2.20. The van der Waals surface area contributed by atoms with Crippen molar-refractivity contribution < 1.29 is 9.53 Å². The molecule has 10 heteroatoms. The van der Waals surface area contributed by atoms with Crippen molar-refractivity contribution in [3.8, 4) is 17.6 Å². The van der Waals surface area contributed by atoms with E-state index in [1.807, 2.05) is 49.5 Å². The van der Waals surface area contributed by atoms with Crippen molar-refractivity contribution in [1.82, 2.24) is 29.5 Å². The van der Waals surface area contributed by atoms with Crippen LogP contribution in [-0.4, -0.2) is 62.6 Å². The number of aromatic nitrogens is 5. The number of carbonyl (C=O) groups excluding carboxylic acids is 1. The molecule has 1 amide bonds. The molecule has 0 bridgehead atoms. The van der Waals surface area contributed by atoms with Gasteiger partial charge >= 0.3 is 0 Å². The maximum Gasteiger partial charge on any atom is 0.300 e. The lowest BCUT2D eigenvalue weighted by molar-refractivity contribution is -0.111. The summed E-state index contributed by atoms with van der Waals surface area (Å²) >= 11 is 0. The fourth-order valence-electron chi connectivity index (χ4n) is 4.30. The largest absolute Gasteiger partial charge is 0.490 e. The zero-order valence-electron chi connectivity index (χ0n) is 22.9. The van der Waals surface area contributed by atoms with E-state index in [0.29, 0.717) is 29.4 Å². The van der Waals surface area contributed by atoms with Crippen molar-refractivity contribution in [2.24, 2.45) is 0 Å². The number of ether oxygens (including phenoxy) is 1. The number of anilines is 3. The Morgan fingerprint density at radius 3 is 2.75 bits per heavy atom. The van der Waals surface area contributed by atoms with E-state index in [2.05, 4.69) is 67.6 Å². The SMILES string of the molecule is CC#CC(=O)Nc1cc2c(Nc3ccc(Cc4ccn5ncnc5c4)c(C)c3)ncnc2cc1OCCN(C)C. The first-order valence-corrected chi connectivity index (χ1v) is 12.8. The molecule has 202 valence electrons. The van der Waals surface area contributed by atoms with E-state index in [9.17, 15) is 4.79 Å². The van der Waals surface area contributed by atoms with Crippen LogP contribution < -0.4 is 15.4 Å². The van der Waals surface area contributed by atoms with Gasteiger partial charge in [-0.25, -0.2) is 19.5 Å². The number of aryl methyl sites for hydroxylation is 1. The maximum absolute atomic E-state index is 12.3. The smallest absolute Gasteiger partial charge is 0.300 e. The minimum Gasteiger partial charge on any atom is -0.490 e. The number of likely N-dealkylation sites (N-methyl/N-ethyl adjacent to an activating group) is 1. The summed E-state index contributed by atoms with van der Waals surface area (Å²) in [5.74, 6) is 5.86. The van der Waals surface area contributed by atoms with Gasteiger partial charge in [0.2, 0.25) is 0 Å². The first kappa shape index (κ1) is 26.6. The normalized spacial score (nSPS) is 10.9. The van der Waals surface area contributed by atoms with Crippen LogP contribution in [0.5, 0.6) is 5.75 Å². The number of fused-ring (bicyclic) bond motifs is 2. The van der Waals surface area contributed by atoms with E-state index in [4.69, 9.17) is 4.74 Å². The molecular formula is C30H30N8O2. The molecule has 0 fully saturated rings. The average molecular weight is 535 g/mol. The van der Waals surface area contributed by atoms with Gasteiger partial charge in [0.15, 0.2) is 5.65 Å². The van der Waals surface area contributed by atoms with Crippen LogP contribution in [-0.2, 0) is 11.2 Å². The molecular weight excluding hydrogens is 504 g/mol. The van der Waals surface area contributed by atoms with Crippen molar-refractivity contribution in [3.63, 3.8) is 0 Å². The number of nitrogens with one attached hydrogen (secondary N) is 2. The van der Waals surface area contributed by atoms with Gasteiger partial charge in [0.25, 0.3) is 5.91 Å². The predicted octanol–water partition coefficient (Wildman–Crippen LogP) is 4.22. The van der Waals surface area contributed by atoms with Crippen LogP contribution in [0, 0.1) is 18.8 Å². The van der Waals surface area contributed by atoms with Gasteiger partial charge in [-0.3, -0.25) is 4.79 Å². The van der Waals surface area contributed by atoms with Gasteiger partial charge in [-0.05, 0) is 87.3 Å². The third-order valence-electron chi connectivity index (χ3n) is 6.36. The number of amides is 1. The van der Waals surface area contributed by atoms with Crippen LogP contribution in [0.4, 0.5) is 17.2 Å². The predicted molar refractivity (Wildman–Crippen MR) is 156 cm³/mol. The summed E-state index contributed by atoms with van der Waals surface area (Å²) in [6.45, 7) is 4.89. The third-order valence-corrected chi connectivity index (χ3v) is 6.36. The van der Waals surface area contributed by atoms with Crippen LogP contribution in [0.1, 0.15) is 23.6 Å². The molecule has 3 aromatic heterocycles. The summed E-state index contributed by atoms with van der Waals surface area (Å²) in [6, 6.07) is 14.0. The second kappa shape index (κ2) is 11.8. The lowest BCUT2D eigenvalue weighted by atomic mass is 10.0. The van der Waals surface area contributed by atoms with Crippen molar-refractivity contribution in [2.45, 2.75) is 20.3 Å². The lowest BCUT2D eigenvalue weighted by Gasteiger charge is -2.16. The Morgan fingerprint density at radius 2 is 1.95 bits per heavy atom. The molecule has 2 N–H and O–H groups in total. The zero-order chi connectivity index (χ0) is 28.1. The van der Waals surface area contributed by atoms with E-state index >= 15 is 0 Å². The van der Waals surface area contributed by atoms with E-state index < -0.39 is 5.91 Å². The molecule has 5 aromatic rings. The van der Waals surface area contributed by atoms with Gasteiger partial charge < -0.3 is 20.3 Å². The van der Waals surface area contributed by atoms with Crippen LogP contribution in [0.15, 0.2) is 61.3 Å². The quantitative estimate of drug-likeness (QED) is 0.271. The molecule has 3 heterocycles. The molecule has 10 nitrogen and oxygen atoms in total. The summed E-state index contributed by atoms with van der Waals surface area (Å²) in [4.78, 5) is 27.5. The number of benzene rings is 2. The van der Waals surface area contributed by atoms with Crippen LogP contribution in [0.25, 0.3) is 16.6 Å². The Morgan fingerprint density at radius 1 is 1.07 bits per heavy atom. The summed E-state index contributed by atoms with van der Waals surface area (Å²) < 4.78 is 7.75. The number of pyridine rings is 1. The number of rotatable bonds is 9. The Balaban J connectivity index is 1.41. The molecule has 0 aliphatic carbocycles. The monoisotopic (exact) mass is 534 g/mol. The molecule has 0 radical (unpaired) electrons. The number of nitrogens with zero attached hydrogens (tertiary/aromatic N) is 6. The van der Waals surface area contributed by atoms with Gasteiger partial charge in [-0.2, -0.15) is 5.10 Å². The molecule has 0 atom stereocenters. The molecule has 0 unspecified atom stereocenters. The number of hydrogen-bond acceptors (Lipinski definition) is 8. The fraction of sp³-hybridized carbons (Fsp3) is 0.233. The molecule has 2 aromatic carbocycles. The summed E-state index contributed by atoms with van der Waals surface area (Å²) in [5, 5.41) is 11.2. The van der Waals surface area contributed by atoms with Gasteiger partial charge in [0.05, 0.1) is 11.2 Å². The Hall–Kier alpha value is -5.01. The Bertz CT molecular complexity index is 1750. The molecule has 0 saturated carbocycles. The molecule has 0 aliphatic rings. The summed E-state index contributed by atoms with van der Waals surface area (Å²) in [5.41, 5.74) is 6.44. The van der Waals surface area contributed by atoms with Gasteiger partial charge in [-0.15, -0.1) is 0 Å². The highest BCUT2D eigenvalue weighted by Crippen LogP contribution is 2.33. The number of hydrogen-bond donors (Lipinski definition) is 2. The van der Waals surface area contributed by atoms with E-state index in [-0.39, 0.29) is 0 Å². The van der Waals surface area contributed by atoms with Crippen molar-refractivity contribution in [2.75, 3.05) is 37.9 Å². The van der Waals surface area contributed by atoms with Crippen LogP contribution >= 0.6 is 0 Å². The van der Waals surface area contributed by atoms with Gasteiger partial charge in [0.1, 0.15) is 30.8 Å². The standard InChI is InChI=1S/C30H30N8O2/c1-5-6-29(39)36-26-16-24-25(17-27(26)40-12-11-37(3)4)31-18-33-30(24)35-23-8-7-22(20(2)13-23)14-21-9-10-38-28(15-21)32-19-34-38/h7-10,13,15-19H,11-12,14H2,1-4H3,(H,36,39)(H,31,33,35). The first-order valence-electron chi connectivity index (χ1n) is 12.8. The summed E-state index contributed by atoms with van der Waals surface area (Å²) in [7, 11) is 3.95. The topological polar surface area (TPSA) is 110 Å². The minimum absolute atomic E-state index is 0.417. The van der Waals surface area contributed by atoms with E-state index in [1.165, 1.54) is 11.9 Å². The molecule has 40 heavy (non-hydrogen) atoms. The van der Waals surface area contributed by atoms with Crippen LogP contribution in [0.3, 0.4) is 0 Å². The highest BCUT2D eigenvalue weighted by atomic mass is 16.5. The second-order valence-corrected chi connectivity index (χ2v) is 9.61. The fourth-order valence-corrected chi connectivity index (χ4v) is 4.30. The van der Waals surface area contributed by atoms with E-state index in [0.717, 1.165) is 40.8 Å². The maximum atomic E-state index is 12.3. The Labute approximate surface area is 232 Å². The molecule has 0 spiro atoms. The first-order chi connectivity index (χ1) is 19.4. The highest BCUT2D eigenvalue weighted by molar-refractivity contribution is 6.06. The second-order valence-electron chi connectivity index (χ2n) is 9.61. The van der Waals surface area contributed by atoms with Crippen molar-refractivity contribution in [1.29, 1.82) is 0 Å². The van der Waals surface area contributed by atoms with Crippen LogP contribution in [0.2, 0.25) is 0 Å². The van der Waals surface area contributed by atoms with Gasteiger partial charge in [-0.1, -0.05) is 12.0 Å². The molecule has 0 saturated heterocycles. The number of carbonyl (C=O) groups is 1. The van der Waals surface area contributed by atoms with E-state index in [1.54, 1.807) is 17.8 Å². The average Bonchev–Trinajstić information content (AvgIpc) is 3.39.